The molecule has 0 saturated heterocycles. The largest absolute Gasteiger partial charge is 0.320 e. The first-order valence-electron chi connectivity index (χ1n) is 5.87. The van der Waals surface area contributed by atoms with Crippen LogP contribution in [-0.4, -0.2) is 16.9 Å². The summed E-state index contributed by atoms with van der Waals surface area (Å²) in [6.07, 6.45) is 0.573. The first-order chi connectivity index (χ1) is 8.91. The lowest BCUT2D eigenvalue weighted by atomic mass is 10.0. The molecule has 104 valence electrons. The quantitative estimate of drug-likeness (QED) is 0.473. The molecule has 1 unspecified atom stereocenters. The van der Waals surface area contributed by atoms with Crippen LogP contribution in [0.25, 0.3) is 0 Å². The highest BCUT2D eigenvalue weighted by atomic mass is 32.2. The van der Waals surface area contributed by atoms with Crippen LogP contribution >= 0.6 is 11.9 Å². The Hall–Kier alpha value is -1.60. The molecule has 7 heteroatoms. The SMILES string of the molecule is CC(C)CC(N)C(=O)NSc1ccccc1[N+](=O)[O-]. The molecule has 3 N–H and O–H groups in total. The lowest BCUT2D eigenvalue weighted by Gasteiger charge is -2.13. The topological polar surface area (TPSA) is 98.3 Å². The predicted octanol–water partition coefficient (Wildman–Crippen LogP) is 2.09. The molecule has 0 bridgehead atoms. The van der Waals surface area contributed by atoms with E-state index in [2.05, 4.69) is 4.72 Å². The van der Waals surface area contributed by atoms with Gasteiger partial charge in [0.1, 0.15) is 4.90 Å². The molecule has 1 atom stereocenters. The standard InChI is InChI=1S/C12H17N3O3S/c1-8(2)7-9(13)12(16)14-19-11-6-4-3-5-10(11)15(17)18/h3-6,8-9H,7,13H2,1-2H3,(H,14,16). The van der Waals surface area contributed by atoms with E-state index in [-0.39, 0.29) is 11.6 Å². The van der Waals surface area contributed by atoms with Gasteiger partial charge in [-0.05, 0) is 30.4 Å². The number of amides is 1. The molecule has 6 nitrogen and oxygen atoms in total. The molecule has 0 saturated carbocycles. The van der Waals surface area contributed by atoms with Gasteiger partial charge in [0.05, 0.1) is 11.0 Å². The summed E-state index contributed by atoms with van der Waals surface area (Å²) in [7, 11) is 0. The van der Waals surface area contributed by atoms with Gasteiger partial charge in [0.15, 0.2) is 0 Å². The smallest absolute Gasteiger partial charge is 0.284 e. The number of nitrogens with zero attached hydrogens (tertiary/aromatic N) is 1. The Labute approximate surface area is 116 Å². The Balaban J connectivity index is 2.62. The maximum Gasteiger partial charge on any atom is 0.284 e. The number of carbonyl (C=O) groups excluding carboxylic acids is 1. The highest BCUT2D eigenvalue weighted by Crippen LogP contribution is 2.26. The summed E-state index contributed by atoms with van der Waals surface area (Å²) in [5.41, 5.74) is 5.68. The van der Waals surface area contributed by atoms with Crippen LogP contribution in [0.1, 0.15) is 20.3 Å². The lowest BCUT2D eigenvalue weighted by Crippen LogP contribution is -2.38. The van der Waals surface area contributed by atoms with Gasteiger partial charge in [-0.1, -0.05) is 26.0 Å². The number of carbonyl (C=O) groups is 1. The van der Waals surface area contributed by atoms with E-state index < -0.39 is 11.0 Å². The third-order valence-corrected chi connectivity index (χ3v) is 3.25. The molecule has 0 aliphatic heterocycles. The van der Waals surface area contributed by atoms with E-state index in [4.69, 9.17) is 5.73 Å². The van der Waals surface area contributed by atoms with Crippen molar-refractivity contribution in [3.8, 4) is 0 Å². The molecular formula is C12H17N3O3S. The Morgan fingerprint density at radius 3 is 2.68 bits per heavy atom. The molecule has 1 rings (SSSR count). The molecule has 0 aliphatic carbocycles. The molecule has 0 fully saturated rings. The average Bonchev–Trinajstić information content (AvgIpc) is 2.35. The van der Waals surface area contributed by atoms with Gasteiger partial charge in [-0.2, -0.15) is 0 Å². The van der Waals surface area contributed by atoms with Gasteiger partial charge in [-0.3, -0.25) is 19.6 Å². The van der Waals surface area contributed by atoms with Crippen molar-refractivity contribution in [2.75, 3.05) is 0 Å². The van der Waals surface area contributed by atoms with Gasteiger partial charge in [0, 0.05) is 6.07 Å². The Morgan fingerprint density at radius 1 is 1.47 bits per heavy atom. The zero-order chi connectivity index (χ0) is 14.4. The molecule has 0 radical (unpaired) electrons. The second kappa shape index (κ2) is 7.10. The average molecular weight is 283 g/mol. The van der Waals surface area contributed by atoms with E-state index in [1.165, 1.54) is 6.07 Å². The normalized spacial score (nSPS) is 12.2. The summed E-state index contributed by atoms with van der Waals surface area (Å²) in [5.74, 6) is -0.00587. The first-order valence-corrected chi connectivity index (χ1v) is 6.69. The number of para-hydroxylation sites is 1. The van der Waals surface area contributed by atoms with Crippen LogP contribution in [0.2, 0.25) is 0 Å². The van der Waals surface area contributed by atoms with Gasteiger partial charge in [0.2, 0.25) is 5.91 Å². The summed E-state index contributed by atoms with van der Waals surface area (Å²) in [5, 5.41) is 10.8. The van der Waals surface area contributed by atoms with E-state index in [9.17, 15) is 14.9 Å². The van der Waals surface area contributed by atoms with Gasteiger partial charge in [0.25, 0.3) is 5.69 Å². The summed E-state index contributed by atoms with van der Waals surface area (Å²) in [6.45, 7) is 3.95. The van der Waals surface area contributed by atoms with Gasteiger partial charge in [-0.15, -0.1) is 0 Å². The van der Waals surface area contributed by atoms with E-state index in [1.807, 2.05) is 13.8 Å². The Kier molecular flexibility index (Phi) is 5.78. The second-order valence-corrected chi connectivity index (χ2v) is 5.38. The molecule has 19 heavy (non-hydrogen) atoms. The van der Waals surface area contributed by atoms with Gasteiger partial charge < -0.3 is 5.73 Å². The maximum absolute atomic E-state index is 11.7. The molecule has 0 aromatic heterocycles. The third kappa shape index (κ3) is 4.88. The molecular weight excluding hydrogens is 266 g/mol. The molecule has 0 heterocycles. The monoisotopic (exact) mass is 283 g/mol. The highest BCUT2D eigenvalue weighted by Gasteiger charge is 2.18. The number of benzene rings is 1. The van der Waals surface area contributed by atoms with E-state index in [1.54, 1.807) is 18.2 Å². The van der Waals surface area contributed by atoms with E-state index in [0.29, 0.717) is 17.2 Å². The van der Waals surface area contributed by atoms with E-state index >= 15 is 0 Å². The van der Waals surface area contributed by atoms with Crippen molar-refractivity contribution < 1.29 is 9.72 Å². The second-order valence-electron chi connectivity index (χ2n) is 4.53. The number of nitrogens with two attached hydrogens (primary N) is 1. The zero-order valence-electron chi connectivity index (χ0n) is 10.8. The number of nitrogens with one attached hydrogen (secondary N) is 1. The van der Waals surface area contributed by atoms with Crippen molar-refractivity contribution in [3.63, 3.8) is 0 Å². The predicted molar refractivity (Wildman–Crippen MR) is 74.5 cm³/mol. The van der Waals surface area contributed by atoms with Crippen molar-refractivity contribution in [2.24, 2.45) is 11.7 Å². The fourth-order valence-corrected chi connectivity index (χ4v) is 2.25. The van der Waals surface area contributed by atoms with Gasteiger partial charge in [-0.25, -0.2) is 0 Å². The van der Waals surface area contributed by atoms with Gasteiger partial charge >= 0.3 is 0 Å². The maximum atomic E-state index is 11.7. The minimum atomic E-state index is -0.602. The summed E-state index contributed by atoms with van der Waals surface area (Å²) in [4.78, 5) is 22.4. The minimum Gasteiger partial charge on any atom is -0.320 e. The molecule has 1 amide bonds. The molecule has 0 spiro atoms. The number of hydrogen-bond donors (Lipinski definition) is 2. The third-order valence-electron chi connectivity index (χ3n) is 2.39. The lowest BCUT2D eigenvalue weighted by molar-refractivity contribution is -0.387. The number of hydrogen-bond acceptors (Lipinski definition) is 5. The van der Waals surface area contributed by atoms with Crippen molar-refractivity contribution in [3.05, 3.63) is 34.4 Å². The van der Waals surface area contributed by atoms with Crippen molar-refractivity contribution in [1.82, 2.24) is 4.72 Å². The number of nitro groups is 1. The van der Waals surface area contributed by atoms with Crippen molar-refractivity contribution in [2.45, 2.75) is 31.2 Å². The van der Waals surface area contributed by atoms with Crippen LogP contribution in [0.15, 0.2) is 29.2 Å². The molecule has 1 aromatic rings. The number of nitro benzene ring substituents is 1. The summed E-state index contributed by atoms with van der Waals surface area (Å²) in [6, 6.07) is 5.62. The number of rotatable bonds is 6. The minimum absolute atomic E-state index is 0.0368. The van der Waals surface area contributed by atoms with Crippen molar-refractivity contribution >= 4 is 23.5 Å². The fourth-order valence-electron chi connectivity index (χ4n) is 1.49. The fraction of sp³-hybridized carbons (Fsp3) is 0.417. The van der Waals surface area contributed by atoms with Crippen LogP contribution in [-0.2, 0) is 4.79 Å². The van der Waals surface area contributed by atoms with Crippen LogP contribution in [0, 0.1) is 16.0 Å². The van der Waals surface area contributed by atoms with E-state index in [0.717, 1.165) is 11.9 Å². The molecule has 0 aliphatic rings. The van der Waals surface area contributed by atoms with Crippen LogP contribution in [0.5, 0.6) is 0 Å². The summed E-state index contributed by atoms with van der Waals surface area (Å²) >= 11 is 0.918. The Bertz CT molecular complexity index is 465. The van der Waals surface area contributed by atoms with Crippen LogP contribution in [0.4, 0.5) is 5.69 Å². The first kappa shape index (κ1) is 15.5. The zero-order valence-corrected chi connectivity index (χ0v) is 11.6. The summed E-state index contributed by atoms with van der Waals surface area (Å²) < 4.78 is 2.55. The van der Waals surface area contributed by atoms with Crippen LogP contribution in [0.3, 0.4) is 0 Å². The van der Waals surface area contributed by atoms with Crippen LogP contribution < -0.4 is 10.5 Å². The highest BCUT2D eigenvalue weighted by molar-refractivity contribution is 7.98. The molecule has 1 aromatic carbocycles. The Morgan fingerprint density at radius 2 is 2.11 bits per heavy atom. The van der Waals surface area contributed by atoms with Crippen molar-refractivity contribution in [1.29, 1.82) is 0 Å².